The van der Waals surface area contributed by atoms with Crippen molar-refractivity contribution in [3.8, 4) is 0 Å². The summed E-state index contributed by atoms with van der Waals surface area (Å²) in [5.74, 6) is 0. The fraction of sp³-hybridized carbons (Fsp3) is 0.417. The number of nitrogens with one attached hydrogen (secondary N) is 1. The fourth-order valence-corrected chi connectivity index (χ4v) is 3.61. The van der Waals surface area contributed by atoms with E-state index in [1.807, 2.05) is 0 Å². The molecule has 1 aliphatic rings. The van der Waals surface area contributed by atoms with Gasteiger partial charge in [-0.1, -0.05) is 11.3 Å². The van der Waals surface area contributed by atoms with Gasteiger partial charge in [-0.05, 0) is 30.7 Å². The summed E-state index contributed by atoms with van der Waals surface area (Å²) in [6, 6.07) is 3.02. The van der Waals surface area contributed by atoms with Crippen molar-refractivity contribution in [3.05, 3.63) is 28.4 Å². The van der Waals surface area contributed by atoms with Gasteiger partial charge in [-0.3, -0.25) is 10.1 Å². The number of nitro groups is 1. The Morgan fingerprint density at radius 1 is 1.50 bits per heavy atom. The Labute approximate surface area is 134 Å². The molecule has 0 amide bonds. The Kier molecular flexibility index (Phi) is 4.80. The fourth-order valence-electron chi connectivity index (χ4n) is 1.96. The van der Waals surface area contributed by atoms with E-state index < -0.39 is 4.92 Å². The second-order valence-corrected chi connectivity index (χ2v) is 6.85. The van der Waals surface area contributed by atoms with Crippen LogP contribution in [-0.4, -0.2) is 39.4 Å². The molecule has 1 fully saturated rings. The topological polar surface area (TPSA) is 103 Å². The molecule has 3 rings (SSSR count). The number of hydrogen-bond donors (Lipinski definition) is 1. The molecule has 0 radical (unpaired) electrons. The van der Waals surface area contributed by atoms with E-state index >= 15 is 0 Å². The summed E-state index contributed by atoms with van der Waals surface area (Å²) in [6.07, 6.45) is 3.66. The van der Waals surface area contributed by atoms with E-state index in [0.717, 1.165) is 35.5 Å². The molecule has 1 aliphatic heterocycles. The first-order valence-electron chi connectivity index (χ1n) is 6.68. The van der Waals surface area contributed by atoms with E-state index in [-0.39, 0.29) is 11.8 Å². The van der Waals surface area contributed by atoms with Crippen LogP contribution >= 0.6 is 23.1 Å². The van der Waals surface area contributed by atoms with Crippen molar-refractivity contribution in [2.24, 2.45) is 0 Å². The van der Waals surface area contributed by atoms with Gasteiger partial charge in [0.2, 0.25) is 5.13 Å². The van der Waals surface area contributed by atoms with E-state index in [0.29, 0.717) is 5.03 Å². The molecule has 0 aromatic carbocycles. The summed E-state index contributed by atoms with van der Waals surface area (Å²) in [5.41, 5.74) is -0.0273. The molecule has 1 unspecified atom stereocenters. The lowest BCUT2D eigenvalue weighted by molar-refractivity contribution is -0.385. The lowest BCUT2D eigenvalue weighted by Crippen LogP contribution is -2.18. The van der Waals surface area contributed by atoms with Crippen molar-refractivity contribution in [1.29, 1.82) is 0 Å². The molecule has 3 heterocycles. The normalized spacial score (nSPS) is 17.5. The zero-order chi connectivity index (χ0) is 15.4. The predicted octanol–water partition coefficient (Wildman–Crippen LogP) is 2.58. The third kappa shape index (κ3) is 3.90. The van der Waals surface area contributed by atoms with Crippen LogP contribution in [0.1, 0.15) is 12.8 Å². The second kappa shape index (κ2) is 6.99. The Morgan fingerprint density at radius 2 is 2.41 bits per heavy atom. The van der Waals surface area contributed by atoms with E-state index in [2.05, 4.69) is 20.5 Å². The molecule has 10 heteroatoms. The standard InChI is InChI=1S/C12H13N5O3S2/c18-17(19)8-3-4-10(13-6-8)21-12-16-15-11(22-12)14-7-9-2-1-5-20-9/h3-4,6,9H,1-2,5,7H2,(H,14,15). The molecule has 116 valence electrons. The van der Waals surface area contributed by atoms with Gasteiger partial charge < -0.3 is 10.1 Å². The maximum Gasteiger partial charge on any atom is 0.287 e. The summed E-state index contributed by atoms with van der Waals surface area (Å²) in [5, 5.41) is 23.3. The first kappa shape index (κ1) is 15.1. The van der Waals surface area contributed by atoms with Crippen LogP contribution in [0.3, 0.4) is 0 Å². The zero-order valence-corrected chi connectivity index (χ0v) is 13.1. The highest BCUT2D eigenvalue weighted by atomic mass is 32.2. The van der Waals surface area contributed by atoms with E-state index in [9.17, 15) is 10.1 Å². The SMILES string of the molecule is O=[N+]([O-])c1ccc(Sc2nnc(NCC3CCCO3)s2)nc1. The molecule has 2 aromatic rings. The highest BCUT2D eigenvalue weighted by molar-refractivity contribution is 8.01. The molecule has 1 atom stereocenters. The van der Waals surface area contributed by atoms with Gasteiger partial charge in [0.25, 0.3) is 5.69 Å². The van der Waals surface area contributed by atoms with Gasteiger partial charge >= 0.3 is 0 Å². The lowest BCUT2D eigenvalue weighted by atomic mass is 10.2. The number of pyridine rings is 1. The second-order valence-electron chi connectivity index (χ2n) is 4.60. The van der Waals surface area contributed by atoms with Gasteiger partial charge in [-0.15, -0.1) is 10.2 Å². The number of rotatable bonds is 6. The first-order valence-corrected chi connectivity index (χ1v) is 8.31. The highest BCUT2D eigenvalue weighted by Gasteiger charge is 2.16. The molecule has 8 nitrogen and oxygen atoms in total. The number of aromatic nitrogens is 3. The Hall–Kier alpha value is -1.78. The summed E-state index contributed by atoms with van der Waals surface area (Å²) < 4.78 is 6.26. The van der Waals surface area contributed by atoms with Crippen LogP contribution in [0.15, 0.2) is 27.7 Å². The van der Waals surface area contributed by atoms with Crippen LogP contribution in [0.2, 0.25) is 0 Å². The number of anilines is 1. The number of nitrogens with zero attached hydrogens (tertiary/aromatic N) is 4. The Morgan fingerprint density at radius 3 is 3.09 bits per heavy atom. The van der Waals surface area contributed by atoms with Crippen LogP contribution in [0.4, 0.5) is 10.8 Å². The average Bonchev–Trinajstić information content (AvgIpc) is 3.17. The molecule has 2 aromatic heterocycles. The minimum absolute atomic E-state index is 0.0273. The predicted molar refractivity (Wildman–Crippen MR) is 82.4 cm³/mol. The molecule has 0 saturated carbocycles. The zero-order valence-electron chi connectivity index (χ0n) is 11.5. The van der Waals surface area contributed by atoms with Gasteiger partial charge in [0.15, 0.2) is 4.34 Å². The minimum atomic E-state index is -0.473. The summed E-state index contributed by atoms with van der Waals surface area (Å²) in [4.78, 5) is 14.1. The molecule has 22 heavy (non-hydrogen) atoms. The van der Waals surface area contributed by atoms with Crippen molar-refractivity contribution in [2.75, 3.05) is 18.5 Å². The molecular weight excluding hydrogens is 326 g/mol. The third-order valence-electron chi connectivity index (χ3n) is 3.03. The van der Waals surface area contributed by atoms with Crippen molar-refractivity contribution in [2.45, 2.75) is 28.3 Å². The Balaban J connectivity index is 1.55. The monoisotopic (exact) mass is 339 g/mol. The lowest BCUT2D eigenvalue weighted by Gasteiger charge is -2.08. The molecule has 0 spiro atoms. The van der Waals surface area contributed by atoms with E-state index in [1.54, 1.807) is 6.07 Å². The van der Waals surface area contributed by atoms with Gasteiger partial charge in [0.1, 0.15) is 11.2 Å². The maximum absolute atomic E-state index is 10.6. The molecule has 1 N–H and O–H groups in total. The largest absolute Gasteiger partial charge is 0.376 e. The highest BCUT2D eigenvalue weighted by Crippen LogP contribution is 2.31. The smallest absolute Gasteiger partial charge is 0.287 e. The quantitative estimate of drug-likeness (QED) is 0.633. The van der Waals surface area contributed by atoms with Gasteiger partial charge in [-0.2, -0.15) is 0 Å². The van der Waals surface area contributed by atoms with Gasteiger partial charge in [0, 0.05) is 19.2 Å². The summed E-state index contributed by atoms with van der Waals surface area (Å²) in [6.45, 7) is 1.56. The van der Waals surface area contributed by atoms with Gasteiger partial charge in [-0.25, -0.2) is 4.98 Å². The third-order valence-corrected chi connectivity index (χ3v) is 4.92. The number of ether oxygens (including phenoxy) is 1. The molecule has 0 bridgehead atoms. The van der Waals surface area contributed by atoms with Crippen LogP contribution in [0, 0.1) is 10.1 Å². The van der Waals surface area contributed by atoms with Crippen LogP contribution in [0.5, 0.6) is 0 Å². The van der Waals surface area contributed by atoms with Crippen LogP contribution in [-0.2, 0) is 4.74 Å². The van der Waals surface area contributed by atoms with Crippen molar-refractivity contribution >= 4 is 33.9 Å². The van der Waals surface area contributed by atoms with Crippen LogP contribution < -0.4 is 5.32 Å². The van der Waals surface area contributed by atoms with E-state index in [1.165, 1.54) is 35.4 Å². The molecule has 1 saturated heterocycles. The number of hydrogen-bond acceptors (Lipinski definition) is 9. The van der Waals surface area contributed by atoms with E-state index in [4.69, 9.17) is 4.74 Å². The average molecular weight is 339 g/mol. The summed E-state index contributed by atoms with van der Waals surface area (Å²) in [7, 11) is 0. The minimum Gasteiger partial charge on any atom is -0.376 e. The van der Waals surface area contributed by atoms with Crippen molar-refractivity contribution in [1.82, 2.24) is 15.2 Å². The van der Waals surface area contributed by atoms with Crippen molar-refractivity contribution in [3.63, 3.8) is 0 Å². The molecular formula is C12H13N5O3S2. The molecule has 0 aliphatic carbocycles. The maximum atomic E-state index is 10.6. The first-order chi connectivity index (χ1) is 10.7. The van der Waals surface area contributed by atoms with Crippen LogP contribution in [0.25, 0.3) is 0 Å². The van der Waals surface area contributed by atoms with Crippen molar-refractivity contribution < 1.29 is 9.66 Å². The Bertz CT molecular complexity index is 642. The van der Waals surface area contributed by atoms with Gasteiger partial charge in [0.05, 0.1) is 11.0 Å². The summed E-state index contributed by atoms with van der Waals surface area (Å²) >= 11 is 2.75.